The van der Waals surface area contributed by atoms with Gasteiger partial charge in [-0.25, -0.2) is 14.5 Å². The van der Waals surface area contributed by atoms with Crippen LogP contribution in [0.3, 0.4) is 0 Å². The zero-order valence-electron chi connectivity index (χ0n) is 15.8. The highest BCUT2D eigenvalue weighted by Crippen LogP contribution is 2.37. The summed E-state index contributed by atoms with van der Waals surface area (Å²) in [7, 11) is 0. The number of hydrogen-bond acceptors (Lipinski definition) is 7. The molecule has 1 heterocycles. The zero-order valence-corrected chi connectivity index (χ0v) is 15.8. The SMILES string of the molecule is C=C1C(=O)O[C@@H]2/C=C(/C)[C@@H](O)C[C@@H](OO)C(=C)C[C@H](OC(=O)/C(C)=C\C)[C@@H]12. The quantitative estimate of drug-likeness (QED) is 0.256. The highest BCUT2D eigenvalue weighted by Gasteiger charge is 2.45. The van der Waals surface area contributed by atoms with Crippen molar-refractivity contribution in [1.29, 1.82) is 0 Å². The van der Waals surface area contributed by atoms with Crippen LogP contribution >= 0.6 is 0 Å². The van der Waals surface area contributed by atoms with Gasteiger partial charge in [0.15, 0.2) is 0 Å². The number of aliphatic hydroxyl groups is 1. The van der Waals surface area contributed by atoms with E-state index in [1.165, 1.54) is 0 Å². The second kappa shape index (κ2) is 8.65. The first kappa shape index (κ1) is 21.1. The monoisotopic (exact) mass is 378 g/mol. The van der Waals surface area contributed by atoms with Gasteiger partial charge in [-0.05, 0) is 38.0 Å². The molecule has 7 nitrogen and oxygen atoms in total. The topological polar surface area (TPSA) is 102 Å². The minimum Gasteiger partial charge on any atom is -0.458 e. The van der Waals surface area contributed by atoms with Crippen LogP contribution in [-0.4, -0.2) is 46.7 Å². The molecule has 0 bridgehead atoms. The van der Waals surface area contributed by atoms with Crippen molar-refractivity contribution in [3.05, 3.63) is 47.6 Å². The summed E-state index contributed by atoms with van der Waals surface area (Å²) in [5.74, 6) is -1.74. The van der Waals surface area contributed by atoms with E-state index in [-0.39, 0.29) is 18.4 Å². The number of aliphatic hydroxyl groups excluding tert-OH is 1. The van der Waals surface area contributed by atoms with Crippen LogP contribution in [0.4, 0.5) is 0 Å². The fourth-order valence-electron chi connectivity index (χ4n) is 3.20. The Balaban J connectivity index is 2.47. The number of allylic oxidation sites excluding steroid dienone is 1. The lowest BCUT2D eigenvalue weighted by atomic mass is 9.83. The van der Waals surface area contributed by atoms with E-state index >= 15 is 0 Å². The molecule has 0 radical (unpaired) electrons. The van der Waals surface area contributed by atoms with Crippen LogP contribution in [0, 0.1) is 5.92 Å². The first-order valence-electron chi connectivity index (χ1n) is 8.77. The fraction of sp³-hybridized carbons (Fsp3) is 0.500. The molecule has 0 aromatic rings. The van der Waals surface area contributed by atoms with Crippen LogP contribution in [0.2, 0.25) is 0 Å². The van der Waals surface area contributed by atoms with Gasteiger partial charge in [0.05, 0.1) is 12.0 Å². The number of carbonyl (C=O) groups excluding carboxylic acids is 2. The lowest BCUT2D eigenvalue weighted by molar-refractivity contribution is -0.273. The summed E-state index contributed by atoms with van der Waals surface area (Å²) in [5.41, 5.74) is 1.57. The minimum atomic E-state index is -0.920. The molecule has 27 heavy (non-hydrogen) atoms. The lowest BCUT2D eigenvalue weighted by Crippen LogP contribution is -2.36. The summed E-state index contributed by atoms with van der Waals surface area (Å²) in [4.78, 5) is 28.9. The van der Waals surface area contributed by atoms with E-state index in [1.54, 1.807) is 32.9 Å². The zero-order chi connectivity index (χ0) is 20.3. The second-order valence-corrected chi connectivity index (χ2v) is 6.96. The molecule has 1 aliphatic carbocycles. The van der Waals surface area contributed by atoms with Gasteiger partial charge in [0.2, 0.25) is 0 Å². The van der Waals surface area contributed by atoms with Crippen LogP contribution < -0.4 is 0 Å². The highest BCUT2D eigenvalue weighted by atomic mass is 17.1. The van der Waals surface area contributed by atoms with E-state index in [0.717, 1.165) is 0 Å². The largest absolute Gasteiger partial charge is 0.458 e. The Bertz CT molecular complexity index is 703. The van der Waals surface area contributed by atoms with E-state index in [1.807, 2.05) is 0 Å². The van der Waals surface area contributed by atoms with Crippen LogP contribution in [-0.2, 0) is 24.0 Å². The van der Waals surface area contributed by atoms with E-state index in [4.69, 9.17) is 9.47 Å². The highest BCUT2D eigenvalue weighted by molar-refractivity contribution is 5.92. The molecule has 7 heteroatoms. The standard InChI is InChI=1S/C20H26O7/c1-6-10(2)19(22)25-17-8-12(4)15(27-24)9-14(21)11(3)7-16-18(17)13(5)20(23)26-16/h6-7,14-18,21,24H,4-5,8-9H2,1-3H3/b10-6-,11-7-/t14-,15+,16+,17-,18-/m0/s1. The Hall–Kier alpha value is -2.22. The molecule has 0 saturated carbocycles. The van der Waals surface area contributed by atoms with E-state index in [2.05, 4.69) is 18.0 Å². The van der Waals surface area contributed by atoms with Crippen molar-refractivity contribution < 1.29 is 34.3 Å². The fourth-order valence-corrected chi connectivity index (χ4v) is 3.20. The first-order chi connectivity index (χ1) is 12.7. The van der Waals surface area contributed by atoms with Crippen LogP contribution in [0.15, 0.2) is 47.6 Å². The number of carbonyl (C=O) groups is 2. The molecule has 2 aliphatic rings. The first-order valence-corrected chi connectivity index (χ1v) is 8.77. The molecule has 0 spiro atoms. The van der Waals surface area contributed by atoms with Crippen molar-refractivity contribution in [3.63, 3.8) is 0 Å². The minimum absolute atomic E-state index is 0.0680. The Morgan fingerprint density at radius 3 is 2.67 bits per heavy atom. The Kier molecular flexibility index (Phi) is 6.75. The maximum atomic E-state index is 12.3. The van der Waals surface area contributed by atoms with Gasteiger partial charge < -0.3 is 14.6 Å². The molecule has 1 aliphatic heterocycles. The van der Waals surface area contributed by atoms with Gasteiger partial charge in [-0.2, -0.15) is 0 Å². The Morgan fingerprint density at radius 1 is 1.41 bits per heavy atom. The average Bonchev–Trinajstić information content (AvgIpc) is 2.90. The molecular weight excluding hydrogens is 352 g/mol. The third-order valence-electron chi connectivity index (χ3n) is 5.11. The molecule has 0 amide bonds. The van der Waals surface area contributed by atoms with Gasteiger partial charge in [0.1, 0.15) is 18.3 Å². The van der Waals surface area contributed by atoms with E-state index in [0.29, 0.717) is 16.7 Å². The number of rotatable bonds is 3. The Labute approximate surface area is 158 Å². The summed E-state index contributed by atoms with van der Waals surface area (Å²) in [6.45, 7) is 12.7. The van der Waals surface area contributed by atoms with Crippen LogP contribution in [0.25, 0.3) is 0 Å². The van der Waals surface area contributed by atoms with Gasteiger partial charge in [-0.3, -0.25) is 5.26 Å². The smallest absolute Gasteiger partial charge is 0.334 e. The molecule has 5 atom stereocenters. The summed E-state index contributed by atoms with van der Waals surface area (Å²) in [6, 6.07) is 0. The van der Waals surface area contributed by atoms with Crippen molar-refractivity contribution in [2.45, 2.75) is 58.0 Å². The van der Waals surface area contributed by atoms with Gasteiger partial charge >= 0.3 is 11.9 Å². The molecule has 0 aromatic heterocycles. The predicted molar refractivity (Wildman–Crippen MR) is 97.5 cm³/mol. The molecule has 1 saturated heterocycles. The maximum absolute atomic E-state index is 12.3. The Morgan fingerprint density at radius 2 is 2.07 bits per heavy atom. The third kappa shape index (κ3) is 4.55. The molecular formula is C20H26O7. The third-order valence-corrected chi connectivity index (χ3v) is 5.11. The van der Waals surface area contributed by atoms with Crippen LogP contribution in [0.5, 0.6) is 0 Å². The van der Waals surface area contributed by atoms with Gasteiger partial charge in [0, 0.05) is 24.0 Å². The van der Waals surface area contributed by atoms with Crippen LogP contribution in [0.1, 0.15) is 33.6 Å². The summed E-state index contributed by atoms with van der Waals surface area (Å²) < 4.78 is 11.0. The number of hydrogen-bond donors (Lipinski definition) is 2. The molecule has 2 rings (SSSR count). The lowest BCUT2D eigenvalue weighted by Gasteiger charge is -2.30. The van der Waals surface area contributed by atoms with Crippen molar-refractivity contribution in [2.24, 2.45) is 5.92 Å². The summed E-state index contributed by atoms with van der Waals surface area (Å²) in [6.07, 6.45) is 0.149. The predicted octanol–water partition coefficient (Wildman–Crippen LogP) is 2.48. The van der Waals surface area contributed by atoms with Crippen molar-refractivity contribution in [3.8, 4) is 0 Å². The van der Waals surface area contributed by atoms with Crippen molar-refractivity contribution in [1.82, 2.24) is 0 Å². The molecule has 0 aromatic carbocycles. The maximum Gasteiger partial charge on any atom is 0.334 e. The normalized spacial score (nSPS) is 34.4. The van der Waals surface area contributed by atoms with Crippen molar-refractivity contribution in [2.75, 3.05) is 0 Å². The van der Waals surface area contributed by atoms with Gasteiger partial charge in [-0.15, -0.1) is 0 Å². The second-order valence-electron chi connectivity index (χ2n) is 6.96. The van der Waals surface area contributed by atoms with Crippen molar-refractivity contribution >= 4 is 11.9 Å². The van der Waals surface area contributed by atoms with Gasteiger partial charge in [0.25, 0.3) is 0 Å². The summed E-state index contributed by atoms with van der Waals surface area (Å²) >= 11 is 0. The number of esters is 2. The molecule has 0 unspecified atom stereocenters. The summed E-state index contributed by atoms with van der Waals surface area (Å²) in [5, 5.41) is 19.5. The van der Waals surface area contributed by atoms with Gasteiger partial charge in [-0.1, -0.05) is 19.2 Å². The van der Waals surface area contributed by atoms with E-state index in [9.17, 15) is 20.0 Å². The number of fused-ring (bicyclic) bond motifs is 1. The number of ether oxygens (including phenoxy) is 2. The molecule has 148 valence electrons. The molecule has 1 fully saturated rings. The average molecular weight is 378 g/mol. The molecule has 2 N–H and O–H groups in total. The van der Waals surface area contributed by atoms with E-state index < -0.39 is 42.3 Å².